The molecular formula is C29H29N5O2. The number of hydrogen-bond acceptors (Lipinski definition) is 6. The molecule has 2 aliphatic heterocycles. The number of piperazine rings is 1. The highest BCUT2D eigenvalue weighted by molar-refractivity contribution is 5.94. The first-order valence-corrected chi connectivity index (χ1v) is 12.5. The van der Waals surface area contributed by atoms with Gasteiger partial charge >= 0.3 is 0 Å². The van der Waals surface area contributed by atoms with Crippen molar-refractivity contribution in [2.24, 2.45) is 0 Å². The van der Waals surface area contributed by atoms with Crippen molar-refractivity contribution in [1.82, 2.24) is 14.9 Å². The molecule has 0 aliphatic carbocycles. The third kappa shape index (κ3) is 4.33. The second-order valence-electron chi connectivity index (χ2n) is 9.37. The summed E-state index contributed by atoms with van der Waals surface area (Å²) in [5, 5.41) is 0. The zero-order valence-corrected chi connectivity index (χ0v) is 20.4. The van der Waals surface area contributed by atoms with Crippen LogP contribution >= 0.6 is 0 Å². The number of anilines is 2. The van der Waals surface area contributed by atoms with Crippen molar-refractivity contribution in [3.63, 3.8) is 0 Å². The molecule has 7 nitrogen and oxygen atoms in total. The van der Waals surface area contributed by atoms with E-state index in [0.29, 0.717) is 24.5 Å². The van der Waals surface area contributed by atoms with Crippen LogP contribution in [0.25, 0.3) is 11.5 Å². The van der Waals surface area contributed by atoms with E-state index in [2.05, 4.69) is 39.0 Å². The zero-order valence-electron chi connectivity index (χ0n) is 20.4. The third-order valence-electron chi connectivity index (χ3n) is 7.14. The Morgan fingerprint density at radius 3 is 2.47 bits per heavy atom. The molecule has 0 unspecified atom stereocenters. The molecule has 0 N–H and O–H groups in total. The van der Waals surface area contributed by atoms with Gasteiger partial charge in [-0.3, -0.25) is 4.79 Å². The van der Waals surface area contributed by atoms with Crippen LogP contribution in [0.2, 0.25) is 0 Å². The van der Waals surface area contributed by atoms with Crippen molar-refractivity contribution in [2.45, 2.75) is 19.9 Å². The number of hydrogen-bond donors (Lipinski definition) is 0. The Bertz CT molecular complexity index is 1360. The monoisotopic (exact) mass is 479 g/mol. The van der Waals surface area contributed by atoms with Gasteiger partial charge < -0.3 is 19.1 Å². The number of nitrogens with zero attached hydrogens (tertiary/aromatic N) is 5. The standard InChI is InChI=1S/C29H29N5O2/c1-21-25(20-34-15-13-22-6-2-3-7-26(22)34)31-28(36-21)23-9-11-24(12-10-23)29(35)33-18-16-32(17-19-33)27-8-4-5-14-30-27/h2-12,14H,13,15-20H2,1H3. The summed E-state index contributed by atoms with van der Waals surface area (Å²) < 4.78 is 6.02. The molecule has 1 saturated heterocycles. The smallest absolute Gasteiger partial charge is 0.253 e. The fourth-order valence-corrected chi connectivity index (χ4v) is 5.07. The van der Waals surface area contributed by atoms with Gasteiger partial charge in [0, 0.05) is 55.7 Å². The van der Waals surface area contributed by atoms with Crippen molar-refractivity contribution < 1.29 is 9.21 Å². The van der Waals surface area contributed by atoms with Gasteiger partial charge in [0.2, 0.25) is 5.89 Å². The number of benzene rings is 2. The summed E-state index contributed by atoms with van der Waals surface area (Å²) in [7, 11) is 0. The molecule has 182 valence electrons. The molecule has 4 aromatic rings. The number of aryl methyl sites for hydroxylation is 1. The van der Waals surface area contributed by atoms with Gasteiger partial charge in [-0.1, -0.05) is 24.3 Å². The first kappa shape index (κ1) is 22.3. The van der Waals surface area contributed by atoms with Gasteiger partial charge in [-0.2, -0.15) is 0 Å². The molecule has 2 aromatic carbocycles. The normalized spacial score (nSPS) is 15.3. The lowest BCUT2D eigenvalue weighted by molar-refractivity contribution is 0.0746. The molecule has 7 heteroatoms. The number of rotatable bonds is 5. The van der Waals surface area contributed by atoms with Crippen LogP contribution in [0, 0.1) is 6.92 Å². The van der Waals surface area contributed by atoms with Gasteiger partial charge in [-0.25, -0.2) is 9.97 Å². The molecule has 1 amide bonds. The zero-order chi connectivity index (χ0) is 24.5. The van der Waals surface area contributed by atoms with Crippen LogP contribution in [0.1, 0.15) is 27.4 Å². The average Bonchev–Trinajstić information content (AvgIpc) is 3.52. The molecule has 0 spiro atoms. The predicted molar refractivity (Wildman–Crippen MR) is 140 cm³/mol. The number of aromatic nitrogens is 2. The topological polar surface area (TPSA) is 65.7 Å². The van der Waals surface area contributed by atoms with E-state index in [0.717, 1.165) is 55.4 Å². The SMILES string of the molecule is Cc1oc(-c2ccc(C(=O)N3CCN(c4ccccn4)CC3)cc2)nc1CN1CCc2ccccc21. The van der Waals surface area contributed by atoms with E-state index < -0.39 is 0 Å². The number of para-hydroxylation sites is 1. The van der Waals surface area contributed by atoms with Crippen molar-refractivity contribution in [3.05, 3.63) is 95.5 Å². The summed E-state index contributed by atoms with van der Waals surface area (Å²) in [5.74, 6) is 2.45. The number of oxazole rings is 1. The first-order chi connectivity index (χ1) is 17.7. The van der Waals surface area contributed by atoms with Crippen LogP contribution < -0.4 is 9.80 Å². The minimum Gasteiger partial charge on any atom is -0.441 e. The number of pyridine rings is 1. The Morgan fingerprint density at radius 2 is 1.69 bits per heavy atom. The minimum atomic E-state index is 0.0548. The molecule has 36 heavy (non-hydrogen) atoms. The highest BCUT2D eigenvalue weighted by Crippen LogP contribution is 2.30. The summed E-state index contributed by atoms with van der Waals surface area (Å²) in [5.41, 5.74) is 5.18. The van der Waals surface area contributed by atoms with Crippen LogP contribution in [-0.4, -0.2) is 53.5 Å². The van der Waals surface area contributed by atoms with Gasteiger partial charge in [0.1, 0.15) is 17.3 Å². The molecule has 4 heterocycles. The Labute approximate surface area is 211 Å². The summed E-state index contributed by atoms with van der Waals surface area (Å²) in [6.07, 6.45) is 2.87. The highest BCUT2D eigenvalue weighted by Gasteiger charge is 2.24. The third-order valence-corrected chi connectivity index (χ3v) is 7.14. The van der Waals surface area contributed by atoms with Crippen molar-refractivity contribution in [3.8, 4) is 11.5 Å². The van der Waals surface area contributed by atoms with E-state index >= 15 is 0 Å². The van der Waals surface area contributed by atoms with Crippen molar-refractivity contribution in [2.75, 3.05) is 42.5 Å². The average molecular weight is 480 g/mol. The van der Waals surface area contributed by atoms with E-state index in [1.54, 1.807) is 6.20 Å². The molecule has 0 atom stereocenters. The lowest BCUT2D eigenvalue weighted by Gasteiger charge is -2.35. The molecule has 0 radical (unpaired) electrons. The van der Waals surface area contributed by atoms with Crippen molar-refractivity contribution >= 4 is 17.4 Å². The number of carbonyl (C=O) groups is 1. The van der Waals surface area contributed by atoms with E-state index in [-0.39, 0.29) is 5.91 Å². The number of amides is 1. The maximum absolute atomic E-state index is 13.1. The first-order valence-electron chi connectivity index (χ1n) is 12.5. The fraction of sp³-hybridized carbons (Fsp3) is 0.276. The van der Waals surface area contributed by atoms with E-state index in [4.69, 9.17) is 9.40 Å². The molecule has 2 aliphatic rings. The fourth-order valence-electron chi connectivity index (χ4n) is 5.07. The lowest BCUT2D eigenvalue weighted by atomic mass is 10.1. The maximum atomic E-state index is 13.1. The van der Waals surface area contributed by atoms with Gasteiger partial charge in [0.25, 0.3) is 5.91 Å². The summed E-state index contributed by atoms with van der Waals surface area (Å²) in [4.78, 5) is 28.8. The van der Waals surface area contributed by atoms with Crippen LogP contribution in [0.4, 0.5) is 11.5 Å². The molecule has 2 aromatic heterocycles. The Hall–Kier alpha value is -4.13. The molecular weight excluding hydrogens is 450 g/mol. The Kier molecular flexibility index (Phi) is 5.89. The van der Waals surface area contributed by atoms with Crippen LogP contribution in [0.15, 0.2) is 77.3 Å². The van der Waals surface area contributed by atoms with Crippen LogP contribution in [-0.2, 0) is 13.0 Å². The van der Waals surface area contributed by atoms with E-state index in [9.17, 15) is 4.79 Å². The van der Waals surface area contributed by atoms with Gasteiger partial charge in [0.15, 0.2) is 0 Å². The van der Waals surface area contributed by atoms with Crippen LogP contribution in [0.5, 0.6) is 0 Å². The molecule has 6 rings (SSSR count). The van der Waals surface area contributed by atoms with Gasteiger partial charge in [-0.05, 0) is 61.4 Å². The minimum absolute atomic E-state index is 0.0548. The van der Waals surface area contributed by atoms with E-state index in [1.165, 1.54) is 11.3 Å². The number of fused-ring (bicyclic) bond motifs is 1. The summed E-state index contributed by atoms with van der Waals surface area (Å²) in [6, 6.07) is 22.1. The van der Waals surface area contributed by atoms with Gasteiger partial charge in [0.05, 0.1) is 6.54 Å². The quantitative estimate of drug-likeness (QED) is 0.418. The second kappa shape index (κ2) is 9.49. The van der Waals surface area contributed by atoms with Crippen LogP contribution in [0.3, 0.4) is 0 Å². The predicted octanol–water partition coefficient (Wildman–Crippen LogP) is 4.57. The largest absolute Gasteiger partial charge is 0.441 e. The molecule has 0 saturated carbocycles. The lowest BCUT2D eigenvalue weighted by Crippen LogP contribution is -2.49. The van der Waals surface area contributed by atoms with Gasteiger partial charge in [-0.15, -0.1) is 0 Å². The van der Waals surface area contributed by atoms with E-state index in [1.807, 2.05) is 54.3 Å². The molecule has 0 bridgehead atoms. The Balaban J connectivity index is 1.11. The van der Waals surface area contributed by atoms with Crippen molar-refractivity contribution in [1.29, 1.82) is 0 Å². The summed E-state index contributed by atoms with van der Waals surface area (Å²) >= 11 is 0. The Morgan fingerprint density at radius 1 is 0.917 bits per heavy atom. The summed E-state index contributed by atoms with van der Waals surface area (Å²) in [6.45, 7) is 6.61. The number of carbonyl (C=O) groups excluding carboxylic acids is 1. The molecule has 1 fully saturated rings. The second-order valence-corrected chi connectivity index (χ2v) is 9.37. The highest BCUT2D eigenvalue weighted by atomic mass is 16.4. The maximum Gasteiger partial charge on any atom is 0.253 e.